The van der Waals surface area contributed by atoms with Crippen LogP contribution in [0.4, 0.5) is 0 Å². The molecule has 3 atom stereocenters. The molecule has 0 fully saturated rings. The van der Waals surface area contributed by atoms with E-state index in [9.17, 15) is 24.9 Å². The third-order valence-corrected chi connectivity index (χ3v) is 7.68. The van der Waals surface area contributed by atoms with Crippen molar-refractivity contribution in [2.75, 3.05) is 6.61 Å². The SMILES string of the molecule is CCCCCCCCCCCCCCC(O)C(O)C(CO)NC(=O)CC(C)(C)c1c(C)cc(C)cc1OC(C)=O. The Hall–Kier alpha value is -1.96. The molecule has 1 aromatic rings. The summed E-state index contributed by atoms with van der Waals surface area (Å²) in [5.41, 5.74) is 1.93. The molecular formula is C33H57NO6. The highest BCUT2D eigenvalue weighted by atomic mass is 16.5. The molecule has 0 saturated carbocycles. The van der Waals surface area contributed by atoms with Crippen LogP contribution >= 0.6 is 0 Å². The van der Waals surface area contributed by atoms with Crippen molar-refractivity contribution in [2.24, 2.45) is 0 Å². The summed E-state index contributed by atoms with van der Waals surface area (Å²) >= 11 is 0. The number of aliphatic hydroxyl groups is 3. The zero-order valence-electron chi connectivity index (χ0n) is 26.1. The lowest BCUT2D eigenvalue weighted by Crippen LogP contribution is -2.51. The van der Waals surface area contributed by atoms with E-state index in [2.05, 4.69) is 12.2 Å². The quantitative estimate of drug-likeness (QED) is 0.0806. The molecule has 230 valence electrons. The van der Waals surface area contributed by atoms with Crippen LogP contribution < -0.4 is 10.1 Å². The third-order valence-electron chi connectivity index (χ3n) is 7.68. The lowest BCUT2D eigenvalue weighted by molar-refractivity contribution is -0.132. The van der Waals surface area contributed by atoms with Gasteiger partial charge in [0.05, 0.1) is 18.8 Å². The molecule has 0 aromatic heterocycles. The number of esters is 1. The fourth-order valence-electron chi connectivity index (χ4n) is 5.65. The Labute approximate surface area is 243 Å². The minimum absolute atomic E-state index is 0.0449. The molecule has 1 aromatic carbocycles. The summed E-state index contributed by atoms with van der Waals surface area (Å²) in [6, 6.07) is 2.80. The molecule has 0 aliphatic heterocycles. The third kappa shape index (κ3) is 13.6. The van der Waals surface area contributed by atoms with Crippen molar-refractivity contribution >= 4 is 11.9 Å². The maximum atomic E-state index is 13.0. The molecule has 40 heavy (non-hydrogen) atoms. The standard InChI is InChI=1S/C33H57NO6/c1-7-8-9-10-11-12-13-14-15-16-17-18-19-28(37)32(39)27(23-35)34-30(38)22-33(5,6)31-25(3)20-24(2)21-29(31)40-26(4)36/h20-21,27-28,32,35,37,39H,7-19,22-23H2,1-6H3,(H,34,38). The second-order valence-corrected chi connectivity index (χ2v) is 12.2. The van der Waals surface area contributed by atoms with Gasteiger partial charge in [-0.1, -0.05) is 104 Å². The maximum Gasteiger partial charge on any atom is 0.308 e. The lowest BCUT2D eigenvalue weighted by Gasteiger charge is -2.31. The van der Waals surface area contributed by atoms with Crippen molar-refractivity contribution in [3.05, 3.63) is 28.8 Å². The largest absolute Gasteiger partial charge is 0.426 e. The topological polar surface area (TPSA) is 116 Å². The molecule has 1 rings (SSSR count). The van der Waals surface area contributed by atoms with Crippen molar-refractivity contribution in [3.63, 3.8) is 0 Å². The molecule has 3 unspecified atom stereocenters. The first kappa shape index (κ1) is 36.1. The van der Waals surface area contributed by atoms with E-state index < -0.39 is 36.2 Å². The molecule has 0 aliphatic rings. The van der Waals surface area contributed by atoms with Gasteiger partial charge in [-0.25, -0.2) is 0 Å². The van der Waals surface area contributed by atoms with Gasteiger partial charge in [0, 0.05) is 24.3 Å². The molecule has 0 heterocycles. The van der Waals surface area contributed by atoms with E-state index in [1.54, 1.807) is 6.07 Å². The van der Waals surface area contributed by atoms with Crippen LogP contribution in [0.5, 0.6) is 5.75 Å². The number of ether oxygens (including phenoxy) is 1. The Morgan fingerprint density at radius 2 is 1.43 bits per heavy atom. The number of carbonyl (C=O) groups is 2. The first-order chi connectivity index (χ1) is 18.9. The molecule has 0 radical (unpaired) electrons. The molecule has 0 spiro atoms. The van der Waals surface area contributed by atoms with E-state index >= 15 is 0 Å². The molecule has 0 aliphatic carbocycles. The number of aliphatic hydroxyl groups excluding tert-OH is 3. The van der Waals surface area contributed by atoms with Crippen LogP contribution in [-0.4, -0.2) is 52.1 Å². The van der Waals surface area contributed by atoms with E-state index in [-0.39, 0.29) is 12.3 Å². The minimum Gasteiger partial charge on any atom is -0.426 e. The summed E-state index contributed by atoms with van der Waals surface area (Å²) < 4.78 is 5.46. The maximum absolute atomic E-state index is 13.0. The first-order valence-electron chi connectivity index (χ1n) is 15.5. The fourth-order valence-corrected chi connectivity index (χ4v) is 5.65. The molecule has 7 nitrogen and oxygen atoms in total. The molecule has 0 saturated heterocycles. The van der Waals surface area contributed by atoms with Crippen molar-refractivity contribution in [2.45, 2.75) is 155 Å². The van der Waals surface area contributed by atoms with Crippen molar-refractivity contribution < 1.29 is 29.6 Å². The summed E-state index contributed by atoms with van der Waals surface area (Å²) in [5.74, 6) is -0.370. The molecule has 4 N–H and O–H groups in total. The highest BCUT2D eigenvalue weighted by molar-refractivity contribution is 5.78. The van der Waals surface area contributed by atoms with E-state index in [1.807, 2.05) is 33.8 Å². The van der Waals surface area contributed by atoms with Gasteiger partial charge >= 0.3 is 5.97 Å². The molecule has 0 bridgehead atoms. The van der Waals surface area contributed by atoms with Crippen LogP contribution in [0.2, 0.25) is 0 Å². The van der Waals surface area contributed by atoms with Gasteiger partial charge in [-0.3, -0.25) is 9.59 Å². The van der Waals surface area contributed by atoms with Crippen molar-refractivity contribution in [1.29, 1.82) is 0 Å². The van der Waals surface area contributed by atoms with Crippen LogP contribution in [-0.2, 0) is 15.0 Å². The second-order valence-electron chi connectivity index (χ2n) is 12.2. The number of hydrogen-bond donors (Lipinski definition) is 4. The number of carbonyl (C=O) groups excluding carboxylic acids is 2. The number of benzene rings is 1. The van der Waals surface area contributed by atoms with Gasteiger partial charge < -0.3 is 25.4 Å². The van der Waals surface area contributed by atoms with Crippen molar-refractivity contribution in [3.8, 4) is 5.75 Å². The monoisotopic (exact) mass is 563 g/mol. The second kappa shape index (κ2) is 19.2. The summed E-state index contributed by atoms with van der Waals surface area (Å²) in [7, 11) is 0. The highest BCUT2D eigenvalue weighted by Gasteiger charge is 2.33. The smallest absolute Gasteiger partial charge is 0.308 e. The number of nitrogens with one attached hydrogen (secondary N) is 1. The van der Waals surface area contributed by atoms with Crippen LogP contribution in [0.25, 0.3) is 0 Å². The number of hydrogen-bond acceptors (Lipinski definition) is 6. The van der Waals surface area contributed by atoms with Gasteiger partial charge in [-0.05, 0) is 37.5 Å². The average molecular weight is 564 g/mol. The number of amides is 1. The van der Waals surface area contributed by atoms with Crippen molar-refractivity contribution in [1.82, 2.24) is 5.32 Å². The predicted molar refractivity (Wildman–Crippen MR) is 162 cm³/mol. The Kier molecular flexibility index (Phi) is 17.3. The van der Waals surface area contributed by atoms with Crippen LogP contribution in [0.15, 0.2) is 12.1 Å². The van der Waals surface area contributed by atoms with Gasteiger partial charge in [-0.15, -0.1) is 0 Å². The Morgan fingerprint density at radius 3 is 1.93 bits per heavy atom. The zero-order valence-corrected chi connectivity index (χ0v) is 26.1. The summed E-state index contributed by atoms with van der Waals surface area (Å²) in [4.78, 5) is 24.7. The lowest BCUT2D eigenvalue weighted by atomic mass is 9.78. The minimum atomic E-state index is -1.26. The number of unbranched alkanes of at least 4 members (excludes halogenated alkanes) is 11. The van der Waals surface area contributed by atoms with Crippen LogP contribution in [0.3, 0.4) is 0 Å². The van der Waals surface area contributed by atoms with E-state index in [1.165, 1.54) is 64.7 Å². The Morgan fingerprint density at radius 1 is 0.900 bits per heavy atom. The Bertz CT molecular complexity index is 884. The molecule has 7 heteroatoms. The zero-order chi connectivity index (χ0) is 30.1. The van der Waals surface area contributed by atoms with Crippen LogP contribution in [0, 0.1) is 13.8 Å². The van der Waals surface area contributed by atoms with E-state index in [0.717, 1.165) is 36.0 Å². The van der Waals surface area contributed by atoms with Gasteiger partial charge in [0.25, 0.3) is 0 Å². The predicted octanol–water partition coefficient (Wildman–Crippen LogP) is 6.19. The van der Waals surface area contributed by atoms with E-state index in [0.29, 0.717) is 12.2 Å². The van der Waals surface area contributed by atoms with Gasteiger partial charge in [-0.2, -0.15) is 0 Å². The molecular weight excluding hydrogens is 506 g/mol. The van der Waals surface area contributed by atoms with Gasteiger partial charge in [0.1, 0.15) is 11.9 Å². The fraction of sp³-hybridized carbons (Fsp3) is 0.758. The summed E-state index contributed by atoms with van der Waals surface area (Å²) in [6.07, 6.45) is 12.8. The summed E-state index contributed by atoms with van der Waals surface area (Å²) in [5, 5.41) is 33.7. The van der Waals surface area contributed by atoms with Crippen LogP contribution in [0.1, 0.15) is 134 Å². The normalized spacial score (nSPS) is 14.0. The van der Waals surface area contributed by atoms with E-state index in [4.69, 9.17) is 4.74 Å². The Balaban J connectivity index is 2.50. The summed E-state index contributed by atoms with van der Waals surface area (Å²) in [6.45, 7) is 10.7. The van der Waals surface area contributed by atoms with Gasteiger partial charge in [0.2, 0.25) is 5.91 Å². The highest BCUT2D eigenvalue weighted by Crippen LogP contribution is 2.38. The molecule has 1 amide bonds. The number of rotatable bonds is 21. The number of aryl methyl sites for hydroxylation is 2. The average Bonchev–Trinajstić information content (AvgIpc) is 2.86. The first-order valence-corrected chi connectivity index (χ1v) is 15.5. The van der Waals surface area contributed by atoms with Gasteiger partial charge in [0.15, 0.2) is 0 Å².